The number of thiol groups is 1. The maximum Gasteiger partial charge on any atom is -0.00519 e. The van der Waals surface area contributed by atoms with Crippen LogP contribution in [-0.4, -0.2) is 19.3 Å². The lowest BCUT2D eigenvalue weighted by Crippen LogP contribution is -2.06. The Morgan fingerprint density at radius 3 is 2.50 bits per heavy atom. The van der Waals surface area contributed by atoms with Gasteiger partial charge in [0.05, 0.1) is 0 Å². The Kier molecular flexibility index (Phi) is 7.59. The van der Waals surface area contributed by atoms with Crippen LogP contribution in [0.25, 0.3) is 0 Å². The summed E-state index contributed by atoms with van der Waals surface area (Å²) in [5.74, 6) is 1.03. The predicted octanol–water partition coefficient (Wildman–Crippen LogP) is 1.31. The van der Waals surface area contributed by atoms with Gasteiger partial charge in [0.15, 0.2) is 0 Å². The van der Waals surface area contributed by atoms with Gasteiger partial charge in [-0.1, -0.05) is 6.42 Å². The van der Waals surface area contributed by atoms with E-state index in [2.05, 4.69) is 17.9 Å². The molecule has 1 nitrogen and oxygen atoms in total. The molecule has 0 saturated heterocycles. The van der Waals surface area contributed by atoms with Crippen molar-refractivity contribution in [3.8, 4) is 0 Å². The molecule has 0 aromatic heterocycles. The first-order valence-electron chi connectivity index (χ1n) is 3.17. The normalized spacial score (nSPS) is 9.75. The molecule has 0 rings (SSSR count). The molecule has 2 heteroatoms. The van der Waals surface area contributed by atoms with Gasteiger partial charge in [-0.25, -0.2) is 0 Å². The van der Waals surface area contributed by atoms with Crippen LogP contribution in [0, 0.1) is 0 Å². The molecule has 0 spiro atoms. The third-order valence-electron chi connectivity index (χ3n) is 1.08. The lowest BCUT2D eigenvalue weighted by Gasteiger charge is -1.95. The first-order valence-corrected chi connectivity index (χ1v) is 3.80. The first kappa shape index (κ1) is 8.31. The van der Waals surface area contributed by atoms with E-state index in [-0.39, 0.29) is 0 Å². The molecule has 0 radical (unpaired) electrons. The number of rotatable bonds is 5. The summed E-state index contributed by atoms with van der Waals surface area (Å²) in [6, 6.07) is 0. The second-order valence-electron chi connectivity index (χ2n) is 1.89. The highest BCUT2D eigenvalue weighted by Gasteiger charge is 1.82. The number of nitrogens with one attached hydrogen (secondary N) is 1. The monoisotopic (exact) mass is 133 g/mol. The van der Waals surface area contributed by atoms with Crippen molar-refractivity contribution in [2.45, 2.75) is 19.3 Å². The van der Waals surface area contributed by atoms with Crippen molar-refractivity contribution in [1.82, 2.24) is 5.32 Å². The molecule has 0 heterocycles. The second kappa shape index (κ2) is 7.31. The zero-order valence-corrected chi connectivity index (χ0v) is 6.38. The van der Waals surface area contributed by atoms with Crippen molar-refractivity contribution >= 4 is 12.6 Å². The van der Waals surface area contributed by atoms with Crippen molar-refractivity contribution < 1.29 is 0 Å². The van der Waals surface area contributed by atoms with Crippen LogP contribution in [0.1, 0.15) is 19.3 Å². The second-order valence-corrected chi connectivity index (χ2v) is 2.34. The average Bonchev–Trinajstić information content (AvgIpc) is 1.81. The first-order chi connectivity index (χ1) is 3.91. The van der Waals surface area contributed by atoms with Gasteiger partial charge < -0.3 is 5.32 Å². The highest BCUT2D eigenvalue weighted by molar-refractivity contribution is 7.80. The molecular formula is C6H15NS. The van der Waals surface area contributed by atoms with Gasteiger partial charge in [-0.3, -0.25) is 0 Å². The molecule has 0 saturated carbocycles. The molecule has 0 unspecified atom stereocenters. The molecule has 0 bridgehead atoms. The fraction of sp³-hybridized carbons (Fsp3) is 1.00. The SMILES string of the molecule is CNCCCCCS. The molecular weight excluding hydrogens is 118 g/mol. The Hall–Kier alpha value is 0.310. The van der Waals surface area contributed by atoms with Crippen molar-refractivity contribution in [2.24, 2.45) is 0 Å². The van der Waals surface area contributed by atoms with Crippen LogP contribution in [0.4, 0.5) is 0 Å². The minimum atomic E-state index is 1.03. The minimum Gasteiger partial charge on any atom is -0.320 e. The zero-order valence-electron chi connectivity index (χ0n) is 5.48. The molecule has 0 aliphatic carbocycles. The molecule has 50 valence electrons. The highest BCUT2D eigenvalue weighted by Crippen LogP contribution is 1.94. The summed E-state index contributed by atoms with van der Waals surface area (Å²) in [5, 5.41) is 3.10. The van der Waals surface area contributed by atoms with Gasteiger partial charge in [-0.15, -0.1) is 0 Å². The van der Waals surface area contributed by atoms with E-state index in [4.69, 9.17) is 0 Å². The largest absolute Gasteiger partial charge is 0.320 e. The summed E-state index contributed by atoms with van der Waals surface area (Å²) in [6.45, 7) is 1.15. The van der Waals surface area contributed by atoms with Gasteiger partial charge in [-0.05, 0) is 32.2 Å². The van der Waals surface area contributed by atoms with E-state index < -0.39 is 0 Å². The van der Waals surface area contributed by atoms with E-state index >= 15 is 0 Å². The third kappa shape index (κ3) is 6.31. The van der Waals surface area contributed by atoms with E-state index in [0.29, 0.717) is 0 Å². The smallest absolute Gasteiger partial charge is 0.00519 e. The topological polar surface area (TPSA) is 12.0 Å². The molecule has 0 aromatic rings. The van der Waals surface area contributed by atoms with Crippen molar-refractivity contribution in [2.75, 3.05) is 19.3 Å². The fourth-order valence-corrected chi connectivity index (χ4v) is 0.814. The molecule has 0 amide bonds. The summed E-state index contributed by atoms with van der Waals surface area (Å²) in [6.07, 6.45) is 3.85. The average molecular weight is 133 g/mol. The maximum absolute atomic E-state index is 4.10. The van der Waals surface area contributed by atoms with Crippen LogP contribution in [0.2, 0.25) is 0 Å². The maximum atomic E-state index is 4.10. The number of hydrogen-bond acceptors (Lipinski definition) is 2. The minimum absolute atomic E-state index is 1.03. The fourth-order valence-electron chi connectivity index (χ4n) is 0.590. The van der Waals surface area contributed by atoms with Crippen molar-refractivity contribution in [3.05, 3.63) is 0 Å². The quantitative estimate of drug-likeness (QED) is 0.425. The van der Waals surface area contributed by atoms with E-state index in [9.17, 15) is 0 Å². The predicted molar refractivity (Wildman–Crippen MR) is 41.6 cm³/mol. The molecule has 0 aliphatic rings. The van der Waals surface area contributed by atoms with Crippen molar-refractivity contribution in [1.29, 1.82) is 0 Å². The molecule has 0 atom stereocenters. The van der Waals surface area contributed by atoms with Crippen molar-refractivity contribution in [3.63, 3.8) is 0 Å². The van der Waals surface area contributed by atoms with Gasteiger partial charge in [-0.2, -0.15) is 12.6 Å². The Labute approximate surface area is 57.3 Å². The summed E-state index contributed by atoms with van der Waals surface area (Å²) >= 11 is 4.10. The molecule has 0 fully saturated rings. The Bertz CT molecular complexity index is 33.5. The van der Waals surface area contributed by atoms with E-state index in [1.165, 1.54) is 19.3 Å². The summed E-state index contributed by atoms with van der Waals surface area (Å²) < 4.78 is 0. The van der Waals surface area contributed by atoms with Gasteiger partial charge >= 0.3 is 0 Å². The summed E-state index contributed by atoms with van der Waals surface area (Å²) in [4.78, 5) is 0. The van der Waals surface area contributed by atoms with Crippen LogP contribution in [-0.2, 0) is 0 Å². The lowest BCUT2D eigenvalue weighted by atomic mass is 10.2. The molecule has 0 aliphatic heterocycles. The molecule has 1 N–H and O–H groups in total. The number of unbranched alkanes of at least 4 members (excludes halogenated alkanes) is 2. The van der Waals surface area contributed by atoms with Gasteiger partial charge in [0.1, 0.15) is 0 Å². The van der Waals surface area contributed by atoms with Gasteiger partial charge in [0, 0.05) is 0 Å². The Morgan fingerprint density at radius 2 is 2.00 bits per heavy atom. The van der Waals surface area contributed by atoms with E-state index in [1.54, 1.807) is 0 Å². The zero-order chi connectivity index (χ0) is 6.24. The van der Waals surface area contributed by atoms with Gasteiger partial charge in [0.25, 0.3) is 0 Å². The summed E-state index contributed by atoms with van der Waals surface area (Å²) in [5.41, 5.74) is 0. The van der Waals surface area contributed by atoms with Crippen LogP contribution < -0.4 is 5.32 Å². The van der Waals surface area contributed by atoms with Crippen LogP contribution in [0.15, 0.2) is 0 Å². The van der Waals surface area contributed by atoms with Crippen LogP contribution >= 0.6 is 12.6 Å². The molecule has 0 aromatic carbocycles. The third-order valence-corrected chi connectivity index (χ3v) is 1.40. The van der Waals surface area contributed by atoms with Gasteiger partial charge in [0.2, 0.25) is 0 Å². The Balaban J connectivity index is 2.53. The van der Waals surface area contributed by atoms with Crippen LogP contribution in [0.5, 0.6) is 0 Å². The van der Waals surface area contributed by atoms with E-state index in [1.807, 2.05) is 7.05 Å². The Morgan fingerprint density at radius 1 is 1.25 bits per heavy atom. The molecule has 8 heavy (non-hydrogen) atoms. The highest BCUT2D eigenvalue weighted by atomic mass is 32.1. The standard InChI is InChI=1S/C6H15NS/c1-7-5-3-2-4-6-8/h7-8H,2-6H2,1H3. The van der Waals surface area contributed by atoms with E-state index in [0.717, 1.165) is 12.3 Å². The lowest BCUT2D eigenvalue weighted by molar-refractivity contribution is 0.670. The summed E-state index contributed by atoms with van der Waals surface area (Å²) in [7, 11) is 1.99. The van der Waals surface area contributed by atoms with Crippen LogP contribution in [0.3, 0.4) is 0 Å². The number of hydrogen-bond donors (Lipinski definition) is 2.